The van der Waals surface area contributed by atoms with Gasteiger partial charge in [0, 0.05) is 21.2 Å². The third-order valence-corrected chi connectivity index (χ3v) is 6.13. The van der Waals surface area contributed by atoms with Crippen molar-refractivity contribution in [1.29, 1.82) is 0 Å². The molecule has 0 radical (unpaired) electrons. The average molecular weight is 413 g/mol. The lowest BCUT2D eigenvalue weighted by Crippen LogP contribution is -2.00. The maximum absolute atomic E-state index is 13.3. The summed E-state index contributed by atoms with van der Waals surface area (Å²) in [4.78, 5) is 25.7. The lowest BCUT2D eigenvalue weighted by atomic mass is 9.96. The zero-order valence-electron chi connectivity index (χ0n) is 15.6. The summed E-state index contributed by atoms with van der Waals surface area (Å²) in [5.41, 5.74) is 3.02. The Morgan fingerprint density at radius 3 is 2.37 bits per heavy atom. The van der Waals surface area contributed by atoms with Crippen LogP contribution in [0, 0.1) is 0 Å². The van der Waals surface area contributed by atoms with Crippen molar-refractivity contribution in [2.75, 3.05) is 0 Å². The SMILES string of the molecule is O=C(c1ccccc1)c1sc2cc(O)ccc2c1-c1ccc(-c2c[nH]oc2=O)cc1. The number of thiophene rings is 1. The van der Waals surface area contributed by atoms with Crippen molar-refractivity contribution in [3.8, 4) is 28.0 Å². The minimum Gasteiger partial charge on any atom is -0.508 e. The Labute approximate surface area is 174 Å². The molecule has 3 aromatic carbocycles. The molecule has 0 bridgehead atoms. The first-order chi connectivity index (χ1) is 14.6. The Hall–Kier alpha value is -3.90. The highest BCUT2D eigenvalue weighted by Gasteiger charge is 2.21. The molecule has 30 heavy (non-hydrogen) atoms. The molecule has 5 aromatic rings. The number of phenolic OH excluding ortho intramolecular Hbond substituents is 1. The zero-order valence-corrected chi connectivity index (χ0v) is 16.4. The van der Waals surface area contributed by atoms with Gasteiger partial charge in [0.2, 0.25) is 5.78 Å². The number of aromatic amines is 1. The number of carbonyl (C=O) groups is 1. The fourth-order valence-electron chi connectivity index (χ4n) is 3.53. The molecule has 2 N–H and O–H groups in total. The quantitative estimate of drug-likeness (QED) is 0.384. The summed E-state index contributed by atoms with van der Waals surface area (Å²) in [7, 11) is 0. The van der Waals surface area contributed by atoms with Gasteiger partial charge in [-0.15, -0.1) is 11.3 Å². The van der Waals surface area contributed by atoms with E-state index in [1.807, 2.05) is 48.5 Å². The average Bonchev–Trinajstić information content (AvgIpc) is 3.37. The van der Waals surface area contributed by atoms with E-state index in [0.29, 0.717) is 16.0 Å². The Kier molecular flexibility index (Phi) is 4.34. The summed E-state index contributed by atoms with van der Waals surface area (Å²) >= 11 is 1.36. The Morgan fingerprint density at radius 2 is 1.67 bits per heavy atom. The number of hydrogen-bond donors (Lipinski definition) is 2. The van der Waals surface area contributed by atoms with Crippen LogP contribution >= 0.6 is 11.3 Å². The van der Waals surface area contributed by atoms with E-state index in [1.165, 1.54) is 17.5 Å². The van der Waals surface area contributed by atoms with Gasteiger partial charge < -0.3 is 9.63 Å². The van der Waals surface area contributed by atoms with Crippen LogP contribution in [0.1, 0.15) is 15.2 Å². The van der Waals surface area contributed by atoms with Gasteiger partial charge in [-0.05, 0) is 29.3 Å². The number of rotatable bonds is 4. The zero-order chi connectivity index (χ0) is 20.7. The minimum absolute atomic E-state index is 0.0679. The second kappa shape index (κ2) is 7.17. The highest BCUT2D eigenvalue weighted by atomic mass is 32.1. The lowest BCUT2D eigenvalue weighted by molar-refractivity contribution is 0.104. The third kappa shape index (κ3) is 3.03. The largest absolute Gasteiger partial charge is 0.508 e. The molecule has 0 amide bonds. The Morgan fingerprint density at radius 1 is 0.933 bits per heavy atom. The molecular formula is C24H15NO4S. The monoisotopic (exact) mass is 413 g/mol. The van der Waals surface area contributed by atoms with Crippen LogP contribution in [0.25, 0.3) is 32.3 Å². The van der Waals surface area contributed by atoms with Gasteiger partial charge in [-0.1, -0.05) is 54.6 Å². The number of aromatic hydroxyl groups is 1. The second-order valence-electron chi connectivity index (χ2n) is 6.82. The maximum atomic E-state index is 13.3. The number of nitrogens with one attached hydrogen (secondary N) is 1. The van der Waals surface area contributed by atoms with E-state index in [2.05, 4.69) is 5.16 Å². The van der Waals surface area contributed by atoms with Gasteiger partial charge in [-0.2, -0.15) is 0 Å². The molecule has 2 aromatic heterocycles. The van der Waals surface area contributed by atoms with Crippen LogP contribution in [0.3, 0.4) is 0 Å². The van der Waals surface area contributed by atoms with Gasteiger partial charge in [-0.25, -0.2) is 9.95 Å². The van der Waals surface area contributed by atoms with Crippen LogP contribution in [0.2, 0.25) is 0 Å². The van der Waals surface area contributed by atoms with Crippen LogP contribution < -0.4 is 5.63 Å². The number of carbonyl (C=O) groups excluding carboxylic acids is 1. The number of phenols is 1. The molecule has 5 nitrogen and oxygen atoms in total. The highest BCUT2D eigenvalue weighted by molar-refractivity contribution is 7.21. The Balaban J connectivity index is 1.69. The van der Waals surface area contributed by atoms with Crippen LogP contribution in [0.15, 0.2) is 88.3 Å². The van der Waals surface area contributed by atoms with E-state index >= 15 is 0 Å². The van der Waals surface area contributed by atoms with Crippen molar-refractivity contribution in [2.45, 2.75) is 0 Å². The number of H-pyrrole nitrogens is 1. The fraction of sp³-hybridized carbons (Fsp3) is 0. The standard InChI is InChI=1S/C24H15NO4S/c26-17-10-11-18-20(12-17)30-23(22(27)16-4-2-1-3-5-16)21(18)15-8-6-14(7-9-15)19-13-25-29-24(19)28/h1-13,25-26H. The minimum atomic E-state index is -0.431. The van der Waals surface area contributed by atoms with Crippen LogP contribution in [-0.2, 0) is 0 Å². The molecular weight excluding hydrogens is 398 g/mol. The summed E-state index contributed by atoms with van der Waals surface area (Å²) in [5.74, 6) is 0.0881. The Bertz CT molecular complexity index is 1430. The molecule has 0 saturated heterocycles. The van der Waals surface area contributed by atoms with Gasteiger partial charge in [0.25, 0.3) is 0 Å². The highest BCUT2D eigenvalue weighted by Crippen LogP contribution is 2.41. The van der Waals surface area contributed by atoms with Crippen molar-refractivity contribution < 1.29 is 14.4 Å². The molecule has 0 spiro atoms. The van der Waals surface area contributed by atoms with E-state index in [0.717, 1.165) is 26.8 Å². The van der Waals surface area contributed by atoms with Gasteiger partial charge in [0.05, 0.1) is 16.6 Å². The van der Waals surface area contributed by atoms with E-state index in [9.17, 15) is 14.7 Å². The molecule has 0 saturated carbocycles. The second-order valence-corrected chi connectivity index (χ2v) is 7.88. The smallest absolute Gasteiger partial charge is 0.364 e. The summed E-state index contributed by atoms with van der Waals surface area (Å²) in [5, 5.41) is 13.3. The van der Waals surface area contributed by atoms with Gasteiger partial charge >= 0.3 is 5.63 Å². The molecule has 146 valence electrons. The number of hydrogen-bond acceptors (Lipinski definition) is 5. The van der Waals surface area contributed by atoms with Crippen molar-refractivity contribution in [2.24, 2.45) is 0 Å². The molecule has 0 aliphatic carbocycles. The predicted molar refractivity (Wildman–Crippen MR) is 117 cm³/mol. The fourth-order valence-corrected chi connectivity index (χ4v) is 4.75. The summed E-state index contributed by atoms with van der Waals surface area (Å²) in [6.07, 6.45) is 1.52. The molecule has 0 aliphatic rings. The topological polar surface area (TPSA) is 83.3 Å². The van der Waals surface area contributed by atoms with Crippen molar-refractivity contribution in [1.82, 2.24) is 5.16 Å². The van der Waals surface area contributed by atoms with Crippen molar-refractivity contribution >= 4 is 27.2 Å². The number of ketones is 1. The molecule has 0 atom stereocenters. The number of aromatic nitrogens is 1. The van der Waals surface area contributed by atoms with Crippen LogP contribution in [0.5, 0.6) is 5.75 Å². The van der Waals surface area contributed by atoms with Gasteiger partial charge in [0.1, 0.15) is 5.75 Å². The van der Waals surface area contributed by atoms with Crippen molar-refractivity contribution in [3.63, 3.8) is 0 Å². The first kappa shape index (κ1) is 18.1. The normalized spacial score (nSPS) is 11.1. The van der Waals surface area contributed by atoms with Crippen molar-refractivity contribution in [3.05, 3.63) is 99.9 Å². The van der Waals surface area contributed by atoms with Crippen LogP contribution in [0.4, 0.5) is 0 Å². The summed E-state index contributed by atoms with van der Waals surface area (Å²) in [6.45, 7) is 0. The molecule has 2 heterocycles. The first-order valence-electron chi connectivity index (χ1n) is 9.25. The number of benzene rings is 3. The summed E-state index contributed by atoms with van der Waals surface area (Å²) in [6, 6.07) is 21.7. The summed E-state index contributed by atoms with van der Waals surface area (Å²) < 4.78 is 5.58. The van der Waals surface area contributed by atoms with E-state index in [1.54, 1.807) is 24.3 Å². The maximum Gasteiger partial charge on any atom is 0.364 e. The predicted octanol–water partition coefficient (Wildman–Crippen LogP) is 5.45. The molecule has 0 unspecified atom stereocenters. The third-order valence-electron chi connectivity index (χ3n) is 4.98. The van der Waals surface area contributed by atoms with E-state index in [4.69, 9.17) is 4.52 Å². The number of fused-ring (bicyclic) bond motifs is 1. The lowest BCUT2D eigenvalue weighted by Gasteiger charge is -2.06. The van der Waals surface area contributed by atoms with Gasteiger partial charge in [0.15, 0.2) is 0 Å². The van der Waals surface area contributed by atoms with E-state index in [-0.39, 0.29) is 11.5 Å². The molecule has 5 rings (SSSR count). The molecule has 0 fully saturated rings. The van der Waals surface area contributed by atoms with Gasteiger partial charge in [-0.3, -0.25) is 4.79 Å². The van der Waals surface area contributed by atoms with E-state index < -0.39 is 5.63 Å². The molecule has 6 heteroatoms. The first-order valence-corrected chi connectivity index (χ1v) is 10.1. The van der Waals surface area contributed by atoms with Crippen LogP contribution in [-0.4, -0.2) is 16.0 Å². The molecule has 0 aliphatic heterocycles.